The van der Waals surface area contributed by atoms with Crippen LogP contribution in [0.4, 0.5) is 4.79 Å². The Morgan fingerprint density at radius 1 is 1.20 bits per heavy atom. The number of nitrogens with zero attached hydrogens (tertiary/aromatic N) is 1. The van der Waals surface area contributed by atoms with Gasteiger partial charge in [0, 0.05) is 25.0 Å². The molecule has 3 aliphatic rings. The summed E-state index contributed by atoms with van der Waals surface area (Å²) in [5, 5.41) is 12.7. The first kappa shape index (κ1) is 9.46. The molecule has 2 saturated carbocycles. The van der Waals surface area contributed by atoms with E-state index in [0.717, 1.165) is 38.8 Å². The van der Waals surface area contributed by atoms with Crippen LogP contribution in [0, 0.1) is 11.8 Å². The first-order valence-electron chi connectivity index (χ1n) is 5.97. The molecule has 15 heavy (non-hydrogen) atoms. The van der Waals surface area contributed by atoms with Crippen molar-refractivity contribution in [2.24, 2.45) is 11.8 Å². The maximum absolute atomic E-state index is 11.8. The molecule has 1 saturated heterocycles. The van der Waals surface area contributed by atoms with E-state index in [4.69, 9.17) is 0 Å². The van der Waals surface area contributed by atoms with Gasteiger partial charge in [-0.1, -0.05) is 0 Å². The molecule has 2 amide bonds. The molecule has 2 N–H and O–H groups in total. The van der Waals surface area contributed by atoms with Crippen LogP contribution in [0.25, 0.3) is 0 Å². The van der Waals surface area contributed by atoms with Crippen molar-refractivity contribution in [3.63, 3.8) is 0 Å². The number of likely N-dealkylation sites (tertiary alicyclic amines) is 1. The van der Waals surface area contributed by atoms with E-state index in [2.05, 4.69) is 5.32 Å². The topological polar surface area (TPSA) is 52.6 Å². The lowest BCUT2D eigenvalue weighted by Crippen LogP contribution is -2.40. The predicted octanol–water partition coefficient (Wildman–Crippen LogP) is 0.561. The molecule has 3 fully saturated rings. The van der Waals surface area contributed by atoms with Crippen molar-refractivity contribution in [1.29, 1.82) is 0 Å². The number of carbonyl (C=O) groups is 1. The number of hydrogen-bond donors (Lipinski definition) is 2. The Bertz CT molecular complexity index is 278. The third-order valence-electron chi connectivity index (χ3n) is 4.01. The Hall–Kier alpha value is -0.770. The predicted molar refractivity (Wildman–Crippen MR) is 55.3 cm³/mol. The summed E-state index contributed by atoms with van der Waals surface area (Å²) >= 11 is 0. The summed E-state index contributed by atoms with van der Waals surface area (Å²) in [6.45, 7) is 1.60. The molecule has 1 heterocycles. The lowest BCUT2D eigenvalue weighted by molar-refractivity contribution is 0.126. The molecule has 4 nitrogen and oxygen atoms in total. The molecule has 0 aromatic rings. The van der Waals surface area contributed by atoms with Gasteiger partial charge in [-0.2, -0.15) is 0 Å². The van der Waals surface area contributed by atoms with Gasteiger partial charge in [-0.05, 0) is 31.6 Å². The fourth-order valence-corrected chi connectivity index (χ4v) is 2.90. The van der Waals surface area contributed by atoms with Gasteiger partial charge in [0.25, 0.3) is 0 Å². The van der Waals surface area contributed by atoms with Gasteiger partial charge in [0.2, 0.25) is 0 Å². The maximum Gasteiger partial charge on any atom is 0.317 e. The zero-order chi connectivity index (χ0) is 10.4. The number of rotatable bonds is 1. The van der Waals surface area contributed by atoms with E-state index in [1.54, 1.807) is 0 Å². The number of hydrogen-bond acceptors (Lipinski definition) is 2. The van der Waals surface area contributed by atoms with Crippen molar-refractivity contribution in [3.05, 3.63) is 0 Å². The number of aliphatic hydroxyl groups excluding tert-OH is 1. The van der Waals surface area contributed by atoms with E-state index in [9.17, 15) is 9.90 Å². The molecule has 1 aliphatic heterocycles. The molecule has 0 aromatic heterocycles. The highest BCUT2D eigenvalue weighted by atomic mass is 16.3. The van der Waals surface area contributed by atoms with Crippen LogP contribution in [0.5, 0.6) is 0 Å². The van der Waals surface area contributed by atoms with Gasteiger partial charge >= 0.3 is 6.03 Å². The Kier molecular flexibility index (Phi) is 2.12. The van der Waals surface area contributed by atoms with Crippen LogP contribution >= 0.6 is 0 Å². The minimum atomic E-state index is -0.172. The van der Waals surface area contributed by atoms with E-state index in [1.165, 1.54) is 0 Å². The SMILES string of the molecule is O=C(NC1CC1)N1CC2CCC(O)C2C1. The van der Waals surface area contributed by atoms with Crippen LogP contribution in [-0.2, 0) is 0 Å². The van der Waals surface area contributed by atoms with Gasteiger partial charge in [-0.3, -0.25) is 0 Å². The Labute approximate surface area is 89.6 Å². The van der Waals surface area contributed by atoms with E-state index < -0.39 is 0 Å². The minimum absolute atomic E-state index is 0.0825. The van der Waals surface area contributed by atoms with Crippen LogP contribution in [0.1, 0.15) is 25.7 Å². The number of aliphatic hydroxyl groups is 1. The molecule has 3 atom stereocenters. The summed E-state index contributed by atoms with van der Waals surface area (Å²) in [7, 11) is 0. The summed E-state index contributed by atoms with van der Waals surface area (Å²) in [5.74, 6) is 0.889. The van der Waals surface area contributed by atoms with Crippen LogP contribution in [0.3, 0.4) is 0 Å². The summed E-state index contributed by atoms with van der Waals surface area (Å²) < 4.78 is 0. The summed E-state index contributed by atoms with van der Waals surface area (Å²) in [5.41, 5.74) is 0. The highest BCUT2D eigenvalue weighted by Gasteiger charge is 2.43. The molecule has 84 valence electrons. The van der Waals surface area contributed by atoms with Crippen molar-refractivity contribution < 1.29 is 9.90 Å². The number of urea groups is 1. The molecule has 3 rings (SSSR count). The van der Waals surface area contributed by atoms with E-state index >= 15 is 0 Å². The second-order valence-electron chi connectivity index (χ2n) is 5.20. The zero-order valence-electron chi connectivity index (χ0n) is 8.85. The quantitative estimate of drug-likeness (QED) is 0.664. The number of carbonyl (C=O) groups excluding carboxylic acids is 1. The lowest BCUT2D eigenvalue weighted by atomic mass is 10.00. The van der Waals surface area contributed by atoms with E-state index in [0.29, 0.717) is 17.9 Å². The Morgan fingerprint density at radius 3 is 2.67 bits per heavy atom. The zero-order valence-corrected chi connectivity index (χ0v) is 8.85. The van der Waals surface area contributed by atoms with Crippen LogP contribution in [-0.4, -0.2) is 41.3 Å². The summed E-state index contributed by atoms with van der Waals surface area (Å²) in [6, 6.07) is 0.516. The van der Waals surface area contributed by atoms with E-state index in [-0.39, 0.29) is 12.1 Å². The van der Waals surface area contributed by atoms with Crippen molar-refractivity contribution >= 4 is 6.03 Å². The van der Waals surface area contributed by atoms with Crippen molar-refractivity contribution in [1.82, 2.24) is 10.2 Å². The standard InChI is InChI=1S/C11H18N2O2/c14-10-4-1-7-5-13(6-9(7)10)11(15)12-8-2-3-8/h7-10,14H,1-6H2,(H,12,15). The van der Waals surface area contributed by atoms with Gasteiger partial charge in [-0.15, -0.1) is 0 Å². The molecule has 0 aromatic carbocycles. The van der Waals surface area contributed by atoms with Gasteiger partial charge in [0.1, 0.15) is 0 Å². The van der Waals surface area contributed by atoms with Crippen LogP contribution in [0.2, 0.25) is 0 Å². The molecule has 2 aliphatic carbocycles. The third-order valence-corrected chi connectivity index (χ3v) is 4.01. The first-order chi connectivity index (χ1) is 7.24. The molecule has 4 heteroatoms. The molecule has 0 bridgehead atoms. The second kappa shape index (κ2) is 3.37. The Balaban J connectivity index is 1.58. The monoisotopic (exact) mass is 210 g/mol. The van der Waals surface area contributed by atoms with Crippen molar-refractivity contribution in [2.45, 2.75) is 37.8 Å². The van der Waals surface area contributed by atoms with Crippen LogP contribution < -0.4 is 5.32 Å². The van der Waals surface area contributed by atoms with Crippen LogP contribution in [0.15, 0.2) is 0 Å². The van der Waals surface area contributed by atoms with Crippen molar-refractivity contribution in [3.8, 4) is 0 Å². The Morgan fingerprint density at radius 2 is 2.00 bits per heavy atom. The number of amides is 2. The molecule has 0 spiro atoms. The first-order valence-corrected chi connectivity index (χ1v) is 5.97. The number of fused-ring (bicyclic) bond motifs is 1. The third kappa shape index (κ3) is 1.71. The average molecular weight is 210 g/mol. The molecular formula is C11H18N2O2. The lowest BCUT2D eigenvalue weighted by Gasteiger charge is -2.18. The smallest absolute Gasteiger partial charge is 0.317 e. The fraction of sp³-hybridized carbons (Fsp3) is 0.909. The van der Waals surface area contributed by atoms with Gasteiger partial charge in [0.05, 0.1) is 6.10 Å². The molecule has 0 radical (unpaired) electrons. The summed E-state index contributed by atoms with van der Waals surface area (Å²) in [4.78, 5) is 13.7. The minimum Gasteiger partial charge on any atom is -0.393 e. The highest BCUT2D eigenvalue weighted by Crippen LogP contribution is 2.38. The summed E-state index contributed by atoms with van der Waals surface area (Å²) in [6.07, 6.45) is 4.10. The highest BCUT2D eigenvalue weighted by molar-refractivity contribution is 5.75. The largest absolute Gasteiger partial charge is 0.393 e. The molecular weight excluding hydrogens is 192 g/mol. The maximum atomic E-state index is 11.8. The van der Waals surface area contributed by atoms with E-state index in [1.807, 2.05) is 4.90 Å². The normalized spacial score (nSPS) is 39.3. The van der Waals surface area contributed by atoms with Gasteiger partial charge in [0.15, 0.2) is 0 Å². The fourth-order valence-electron chi connectivity index (χ4n) is 2.90. The molecule has 3 unspecified atom stereocenters. The second-order valence-corrected chi connectivity index (χ2v) is 5.20. The number of nitrogens with one attached hydrogen (secondary N) is 1. The average Bonchev–Trinajstić information content (AvgIpc) is 2.79. The van der Waals surface area contributed by atoms with Gasteiger partial charge in [-0.25, -0.2) is 4.79 Å². The van der Waals surface area contributed by atoms with Gasteiger partial charge < -0.3 is 15.3 Å². The van der Waals surface area contributed by atoms with Crippen molar-refractivity contribution in [2.75, 3.05) is 13.1 Å².